The summed E-state index contributed by atoms with van der Waals surface area (Å²) in [4.78, 5) is 25.6. The van der Waals surface area contributed by atoms with Crippen molar-refractivity contribution < 1.29 is 27.5 Å². The van der Waals surface area contributed by atoms with Crippen molar-refractivity contribution in [3.05, 3.63) is 46.1 Å². The van der Waals surface area contributed by atoms with Crippen LogP contribution in [0.1, 0.15) is 21.0 Å². The highest BCUT2D eigenvalue weighted by atomic mass is 32.2. The molecule has 0 saturated carbocycles. The molecule has 0 aliphatic rings. The number of hydrogen-bond donors (Lipinski definition) is 0. The summed E-state index contributed by atoms with van der Waals surface area (Å²) >= 11 is 0. The van der Waals surface area contributed by atoms with E-state index < -0.39 is 22.0 Å². The average Bonchev–Trinajstić information content (AvgIpc) is 3.05. The summed E-state index contributed by atoms with van der Waals surface area (Å²) in [6.07, 6.45) is 0. The topological polar surface area (TPSA) is 166 Å². The normalized spacial score (nSPS) is 10.6. The van der Waals surface area contributed by atoms with E-state index in [1.54, 1.807) is 0 Å². The Morgan fingerprint density at radius 3 is 2.28 bits per heavy atom. The fourth-order valence-electron chi connectivity index (χ4n) is 1.83. The van der Waals surface area contributed by atoms with Gasteiger partial charge >= 0.3 is 11.9 Å². The first-order chi connectivity index (χ1) is 11.9. The highest BCUT2D eigenvalue weighted by Crippen LogP contribution is 2.19. The molecule has 0 fully saturated rings. The van der Waals surface area contributed by atoms with Gasteiger partial charge in [-0.15, -0.1) is 5.10 Å². The summed E-state index contributed by atoms with van der Waals surface area (Å²) in [6, 6.07) is 4.84. The van der Waals surface area contributed by atoms with Crippen molar-refractivity contribution in [1.82, 2.24) is 15.0 Å². The van der Waals surface area contributed by atoms with Gasteiger partial charge in [0.2, 0.25) is 5.69 Å². The van der Waals surface area contributed by atoms with Gasteiger partial charge in [-0.3, -0.25) is 0 Å². The molecule has 0 bridgehead atoms. The van der Waals surface area contributed by atoms with Crippen LogP contribution in [0.4, 0.5) is 0 Å². The zero-order valence-corrected chi connectivity index (χ0v) is 13.7. The van der Waals surface area contributed by atoms with Crippen LogP contribution in [0.25, 0.3) is 16.1 Å². The van der Waals surface area contributed by atoms with Crippen LogP contribution in [0.15, 0.2) is 33.7 Å². The molecule has 0 N–H and O–H groups in total. The Kier molecular flexibility index (Phi) is 5.00. The first kappa shape index (κ1) is 17.9. The Morgan fingerprint density at radius 1 is 1.16 bits per heavy atom. The van der Waals surface area contributed by atoms with Crippen LogP contribution in [0.2, 0.25) is 0 Å². The predicted molar refractivity (Wildman–Crippen MR) is 80.4 cm³/mol. The third-order valence-electron chi connectivity index (χ3n) is 2.95. The van der Waals surface area contributed by atoms with Crippen molar-refractivity contribution in [2.75, 3.05) is 14.2 Å². The van der Waals surface area contributed by atoms with Crippen molar-refractivity contribution >= 4 is 22.0 Å². The average molecular weight is 366 g/mol. The van der Waals surface area contributed by atoms with E-state index in [1.807, 2.05) is 0 Å². The smallest absolute Gasteiger partial charge is 0.361 e. The van der Waals surface area contributed by atoms with Crippen LogP contribution in [-0.4, -0.2) is 49.6 Å². The van der Waals surface area contributed by atoms with Crippen molar-refractivity contribution in [3.63, 3.8) is 0 Å². The second-order valence-electron chi connectivity index (χ2n) is 4.32. The minimum absolute atomic E-state index is 0.211. The molecule has 2 rings (SSSR count). The number of sulfonamides is 1. The SMILES string of the molecule is COC(=O)c1nnn(-c2ccc(S(=O)(=O)N=[N+]=[N-])cc2)c1C(=O)OC. The van der Waals surface area contributed by atoms with Crippen LogP contribution in [-0.2, 0) is 19.5 Å². The molecule has 1 heterocycles. The molecule has 25 heavy (non-hydrogen) atoms. The Bertz CT molecular complexity index is 974. The van der Waals surface area contributed by atoms with Gasteiger partial charge in [0.25, 0.3) is 10.0 Å². The minimum atomic E-state index is -4.16. The lowest BCUT2D eigenvalue weighted by molar-refractivity contribution is 0.0546. The van der Waals surface area contributed by atoms with Gasteiger partial charge in [-0.05, 0) is 29.8 Å². The zero-order valence-electron chi connectivity index (χ0n) is 12.9. The van der Waals surface area contributed by atoms with E-state index >= 15 is 0 Å². The Balaban J connectivity index is 2.56. The molecule has 0 saturated heterocycles. The quantitative estimate of drug-likeness (QED) is 0.325. The molecule has 0 atom stereocenters. The fourth-order valence-corrected chi connectivity index (χ4v) is 2.50. The third kappa shape index (κ3) is 3.41. The number of carbonyl (C=O) groups excluding carboxylic acids is 2. The van der Waals surface area contributed by atoms with E-state index in [0.717, 1.165) is 31.0 Å². The van der Waals surface area contributed by atoms with Crippen LogP contribution < -0.4 is 0 Å². The number of nitrogens with zero attached hydrogens (tertiary/aromatic N) is 6. The molecular weight excluding hydrogens is 356 g/mol. The molecule has 0 aliphatic carbocycles. The molecule has 1 aromatic carbocycles. The maximum absolute atomic E-state index is 11.9. The lowest BCUT2D eigenvalue weighted by Crippen LogP contribution is -2.15. The molecule has 13 heteroatoms. The number of benzene rings is 1. The maximum Gasteiger partial charge on any atom is 0.361 e. The van der Waals surface area contributed by atoms with Gasteiger partial charge in [-0.25, -0.2) is 22.7 Å². The highest BCUT2D eigenvalue weighted by Gasteiger charge is 2.27. The van der Waals surface area contributed by atoms with Crippen LogP contribution in [0, 0.1) is 0 Å². The standard InChI is InChI=1S/C12H10N6O6S/c1-23-11(19)9-10(12(20)24-2)18(16-14-9)7-3-5-8(6-4-7)25(21,22)17-15-13/h3-6H,1-2H3. The van der Waals surface area contributed by atoms with Crippen molar-refractivity contribution in [1.29, 1.82) is 0 Å². The van der Waals surface area contributed by atoms with Gasteiger partial charge in [0.1, 0.15) is 0 Å². The third-order valence-corrected chi connectivity index (χ3v) is 4.11. The molecule has 130 valence electrons. The first-order valence-corrected chi connectivity index (χ1v) is 7.84. The number of carbonyl (C=O) groups is 2. The number of ether oxygens (including phenoxy) is 2. The largest absolute Gasteiger partial charge is 0.464 e. The number of methoxy groups -OCH3 is 2. The monoisotopic (exact) mass is 366 g/mol. The van der Waals surface area contributed by atoms with Gasteiger partial charge in [-0.1, -0.05) is 5.21 Å². The van der Waals surface area contributed by atoms with E-state index in [4.69, 9.17) is 5.53 Å². The molecular formula is C12H10N6O6S. The van der Waals surface area contributed by atoms with Crippen molar-refractivity contribution in [2.45, 2.75) is 4.90 Å². The zero-order chi connectivity index (χ0) is 18.6. The molecule has 0 unspecified atom stereocenters. The summed E-state index contributed by atoms with van der Waals surface area (Å²) in [5, 5.41) is 7.27. The summed E-state index contributed by atoms with van der Waals surface area (Å²) in [6.45, 7) is 0. The molecule has 0 aliphatic heterocycles. The summed E-state index contributed by atoms with van der Waals surface area (Å²) in [7, 11) is -1.94. The summed E-state index contributed by atoms with van der Waals surface area (Å²) in [5.41, 5.74) is 7.82. The second kappa shape index (κ2) is 6.98. The molecule has 0 spiro atoms. The molecule has 0 amide bonds. The van der Waals surface area contributed by atoms with Gasteiger partial charge in [-0.2, -0.15) is 0 Å². The predicted octanol–water partition coefficient (Wildman–Crippen LogP) is 0.840. The van der Waals surface area contributed by atoms with E-state index in [2.05, 4.69) is 29.2 Å². The lowest BCUT2D eigenvalue weighted by Gasteiger charge is -2.06. The fraction of sp³-hybridized carbons (Fsp3) is 0.167. The Hall–Kier alpha value is -3.44. The second-order valence-corrected chi connectivity index (χ2v) is 5.91. The Morgan fingerprint density at radius 2 is 1.76 bits per heavy atom. The maximum atomic E-state index is 11.9. The number of hydrogen-bond acceptors (Lipinski definition) is 8. The van der Waals surface area contributed by atoms with Crippen molar-refractivity contribution in [2.24, 2.45) is 4.52 Å². The van der Waals surface area contributed by atoms with E-state index in [9.17, 15) is 18.0 Å². The number of aromatic nitrogens is 3. The number of rotatable bonds is 5. The lowest BCUT2D eigenvalue weighted by atomic mass is 10.2. The van der Waals surface area contributed by atoms with E-state index in [-0.39, 0.29) is 22.0 Å². The molecule has 12 nitrogen and oxygen atoms in total. The van der Waals surface area contributed by atoms with Crippen molar-refractivity contribution in [3.8, 4) is 5.69 Å². The van der Waals surface area contributed by atoms with Gasteiger partial charge in [0.05, 0.1) is 24.8 Å². The van der Waals surface area contributed by atoms with Crippen LogP contribution >= 0.6 is 0 Å². The highest BCUT2D eigenvalue weighted by molar-refractivity contribution is 7.90. The number of esters is 2. The van der Waals surface area contributed by atoms with Crippen LogP contribution in [0.5, 0.6) is 0 Å². The van der Waals surface area contributed by atoms with Gasteiger partial charge in [0, 0.05) is 9.43 Å². The van der Waals surface area contributed by atoms with Gasteiger partial charge < -0.3 is 9.47 Å². The van der Waals surface area contributed by atoms with E-state index in [1.165, 1.54) is 12.1 Å². The first-order valence-electron chi connectivity index (χ1n) is 6.40. The molecule has 0 radical (unpaired) electrons. The summed E-state index contributed by atoms with van der Waals surface area (Å²) in [5.74, 6) is -1.79. The minimum Gasteiger partial charge on any atom is -0.464 e. The number of azide groups is 1. The van der Waals surface area contributed by atoms with Crippen LogP contribution in [0.3, 0.4) is 0 Å². The molecule has 2 aromatic rings. The Labute approximate surface area is 140 Å². The van der Waals surface area contributed by atoms with Gasteiger partial charge in [0.15, 0.2) is 5.69 Å². The summed E-state index contributed by atoms with van der Waals surface area (Å²) < 4.78 is 36.1. The van der Waals surface area contributed by atoms with E-state index in [0.29, 0.717) is 0 Å². The molecule has 1 aromatic heterocycles.